The van der Waals surface area contributed by atoms with Gasteiger partial charge in [0.1, 0.15) is 0 Å². The van der Waals surface area contributed by atoms with Gasteiger partial charge >= 0.3 is 29.6 Å². The Bertz CT molecular complexity index is 507. The van der Waals surface area contributed by atoms with Crippen LogP contribution in [-0.2, 0) is 10.5 Å². The van der Waals surface area contributed by atoms with Crippen molar-refractivity contribution in [2.45, 2.75) is 11.0 Å². The van der Waals surface area contributed by atoms with Gasteiger partial charge in [0.25, 0.3) is 0 Å². The van der Waals surface area contributed by atoms with Crippen molar-refractivity contribution < 1.29 is 39.5 Å². The summed E-state index contributed by atoms with van der Waals surface area (Å²) in [6.45, 7) is 0. The summed E-state index contributed by atoms with van der Waals surface area (Å²) in [6.07, 6.45) is 3.40. The summed E-state index contributed by atoms with van der Waals surface area (Å²) in [4.78, 5) is 15.1. The molecule has 0 aliphatic carbocycles. The van der Waals surface area contributed by atoms with Gasteiger partial charge in [0.2, 0.25) is 0 Å². The van der Waals surface area contributed by atoms with Crippen LogP contribution in [0.15, 0.2) is 54.9 Å². The molecule has 0 aliphatic heterocycles. The Labute approximate surface area is 138 Å². The van der Waals surface area contributed by atoms with E-state index in [9.17, 15) is 9.90 Å². The monoisotopic (exact) mass is 281 g/mol. The second kappa shape index (κ2) is 8.38. The largest absolute Gasteiger partial charge is 1.00 e. The molecule has 0 bridgehead atoms. The molecule has 1 unspecified atom stereocenters. The van der Waals surface area contributed by atoms with Crippen LogP contribution in [0.25, 0.3) is 0 Å². The van der Waals surface area contributed by atoms with E-state index < -0.39 is 11.2 Å². The van der Waals surface area contributed by atoms with Crippen LogP contribution in [0.2, 0.25) is 0 Å². The van der Waals surface area contributed by atoms with Crippen molar-refractivity contribution in [1.29, 1.82) is 0 Å². The van der Waals surface area contributed by atoms with E-state index in [1.54, 1.807) is 24.5 Å². The second-order valence-corrected chi connectivity index (χ2v) is 4.87. The molecule has 5 heteroatoms. The van der Waals surface area contributed by atoms with Gasteiger partial charge in [-0.15, -0.1) is 11.8 Å². The summed E-state index contributed by atoms with van der Waals surface area (Å²) in [5.74, 6) is -0.434. The number of nitrogens with zero attached hydrogens (tertiary/aromatic N) is 1. The van der Waals surface area contributed by atoms with Crippen molar-refractivity contribution in [3.63, 3.8) is 0 Å². The molecule has 2 rings (SSSR count). The molecule has 0 saturated heterocycles. The van der Waals surface area contributed by atoms with Gasteiger partial charge in [0.05, 0.1) is 11.2 Å². The minimum absolute atomic E-state index is 0. The number of aliphatic carboxylic acids is 1. The molecule has 1 heterocycles. The zero-order chi connectivity index (χ0) is 12.8. The van der Waals surface area contributed by atoms with E-state index in [1.165, 1.54) is 11.8 Å². The third kappa shape index (κ3) is 4.99. The molecule has 0 fully saturated rings. The van der Waals surface area contributed by atoms with E-state index in [1.807, 2.05) is 30.3 Å². The Balaban J connectivity index is 0.00000180. The Morgan fingerprint density at radius 3 is 2.37 bits per heavy atom. The topological polar surface area (TPSA) is 53.0 Å². The average molecular weight is 281 g/mol. The minimum atomic E-state index is -1.06. The predicted molar refractivity (Wildman–Crippen MR) is 69.7 cm³/mol. The van der Waals surface area contributed by atoms with Gasteiger partial charge in [-0.3, -0.25) is 4.98 Å². The van der Waals surface area contributed by atoms with Crippen LogP contribution in [0, 0.1) is 0 Å². The van der Waals surface area contributed by atoms with Crippen LogP contribution >= 0.6 is 11.8 Å². The molecule has 0 aliphatic rings. The van der Waals surface area contributed by atoms with Crippen LogP contribution in [0.4, 0.5) is 0 Å². The summed E-state index contributed by atoms with van der Waals surface area (Å²) in [7, 11) is 0. The quantitative estimate of drug-likeness (QED) is 0.647. The molecule has 2 aromatic rings. The van der Waals surface area contributed by atoms with Gasteiger partial charge in [-0.1, -0.05) is 30.3 Å². The van der Waals surface area contributed by atoms with Crippen LogP contribution < -0.4 is 34.7 Å². The molecule has 19 heavy (non-hydrogen) atoms. The maximum atomic E-state index is 11.2. The fourth-order valence-electron chi connectivity index (χ4n) is 1.59. The van der Waals surface area contributed by atoms with E-state index in [0.717, 1.165) is 11.1 Å². The molecule has 1 atom stereocenters. The maximum absolute atomic E-state index is 11.2. The van der Waals surface area contributed by atoms with Crippen LogP contribution in [0.3, 0.4) is 0 Å². The minimum Gasteiger partial charge on any atom is -0.549 e. The zero-order valence-corrected chi connectivity index (χ0v) is 13.5. The first kappa shape index (κ1) is 16.2. The van der Waals surface area contributed by atoms with Gasteiger partial charge in [0, 0.05) is 18.1 Å². The van der Waals surface area contributed by atoms with Crippen molar-refractivity contribution in [1.82, 2.24) is 4.98 Å². The fourth-order valence-corrected chi connectivity index (χ4v) is 2.62. The number of carboxylic acids is 1. The van der Waals surface area contributed by atoms with Crippen molar-refractivity contribution in [3.8, 4) is 0 Å². The Morgan fingerprint density at radius 2 is 1.79 bits per heavy atom. The first-order valence-corrected chi connectivity index (χ1v) is 6.58. The van der Waals surface area contributed by atoms with Gasteiger partial charge in [-0.05, 0) is 23.3 Å². The van der Waals surface area contributed by atoms with Crippen molar-refractivity contribution in [2.75, 3.05) is 0 Å². The predicted octanol–water partition coefficient (Wildman–Crippen LogP) is -1.19. The molecule has 1 aromatic heterocycles. The van der Waals surface area contributed by atoms with Crippen LogP contribution in [0.1, 0.15) is 16.4 Å². The first-order valence-electron chi connectivity index (χ1n) is 5.53. The van der Waals surface area contributed by atoms with Crippen LogP contribution in [-0.4, -0.2) is 11.0 Å². The SMILES string of the molecule is O=C([O-])C(SCc1ccncc1)c1ccccc1.[Na+]. The Hall–Kier alpha value is -0.810. The number of thioether (sulfide) groups is 1. The Kier molecular flexibility index (Phi) is 7.16. The fraction of sp³-hybridized carbons (Fsp3) is 0.143. The summed E-state index contributed by atoms with van der Waals surface area (Å²) in [5.41, 5.74) is 1.81. The molecular weight excluding hydrogens is 269 g/mol. The molecule has 92 valence electrons. The number of pyridine rings is 1. The third-order valence-corrected chi connectivity index (χ3v) is 3.78. The summed E-state index contributed by atoms with van der Waals surface area (Å²) in [6, 6.07) is 12.9. The van der Waals surface area contributed by atoms with Gasteiger partial charge in [-0.2, -0.15) is 0 Å². The zero-order valence-electron chi connectivity index (χ0n) is 10.7. The number of rotatable bonds is 5. The number of carboxylic acid groups (broad SMARTS) is 1. The smallest absolute Gasteiger partial charge is 0.549 e. The van der Waals surface area contributed by atoms with Gasteiger partial charge in [-0.25, -0.2) is 0 Å². The van der Waals surface area contributed by atoms with E-state index >= 15 is 0 Å². The Morgan fingerprint density at radius 1 is 1.16 bits per heavy atom. The first-order chi connectivity index (χ1) is 8.77. The standard InChI is InChI=1S/C14H13NO2S.Na/c16-14(17)13(12-4-2-1-3-5-12)18-10-11-6-8-15-9-7-11;/h1-9,13H,10H2,(H,16,17);/q;+1/p-1. The molecule has 0 saturated carbocycles. The van der Waals surface area contributed by atoms with Gasteiger partial charge in [0.15, 0.2) is 0 Å². The molecule has 0 radical (unpaired) electrons. The molecule has 0 spiro atoms. The summed E-state index contributed by atoms with van der Waals surface area (Å²) >= 11 is 1.35. The number of carbonyl (C=O) groups excluding carboxylic acids is 1. The van der Waals surface area contributed by atoms with Crippen molar-refractivity contribution >= 4 is 17.7 Å². The number of aromatic nitrogens is 1. The molecule has 0 N–H and O–H groups in total. The van der Waals surface area contributed by atoms with E-state index in [4.69, 9.17) is 0 Å². The van der Waals surface area contributed by atoms with Crippen LogP contribution in [0.5, 0.6) is 0 Å². The van der Waals surface area contributed by atoms with Crippen molar-refractivity contribution in [2.24, 2.45) is 0 Å². The molecule has 1 aromatic carbocycles. The number of hydrogen-bond donors (Lipinski definition) is 0. The van der Waals surface area contributed by atoms with Crippen molar-refractivity contribution in [3.05, 3.63) is 66.0 Å². The average Bonchev–Trinajstić information content (AvgIpc) is 2.41. The molecule has 3 nitrogen and oxygen atoms in total. The summed E-state index contributed by atoms with van der Waals surface area (Å²) < 4.78 is 0. The molecular formula is C14H12NNaO2S. The summed E-state index contributed by atoms with van der Waals surface area (Å²) in [5, 5.41) is 10.5. The van der Waals surface area contributed by atoms with Gasteiger partial charge < -0.3 is 9.90 Å². The number of benzene rings is 1. The van der Waals surface area contributed by atoms with E-state index in [2.05, 4.69) is 4.98 Å². The maximum Gasteiger partial charge on any atom is 1.00 e. The number of hydrogen-bond acceptors (Lipinski definition) is 4. The molecule has 0 amide bonds. The second-order valence-electron chi connectivity index (χ2n) is 3.78. The van der Waals surface area contributed by atoms with E-state index in [0.29, 0.717) is 5.75 Å². The van der Waals surface area contributed by atoms with E-state index in [-0.39, 0.29) is 29.6 Å². The normalized spacial score (nSPS) is 11.4. The number of carbonyl (C=O) groups is 1. The third-order valence-electron chi connectivity index (χ3n) is 2.48.